The molecule has 0 bridgehead atoms. The molecule has 1 radical (unpaired) electrons. The molecule has 0 N–H and O–H groups in total. The second kappa shape index (κ2) is 15.0. The average Bonchev–Trinajstić information content (AvgIpc) is 3.08. The van der Waals surface area contributed by atoms with Crippen molar-refractivity contribution in [3.05, 3.63) is 156 Å². The number of aromatic nitrogens is 2. The summed E-state index contributed by atoms with van der Waals surface area (Å²) in [4.78, 5) is 9.12. The van der Waals surface area contributed by atoms with Crippen molar-refractivity contribution in [1.82, 2.24) is 9.97 Å². The number of hydrogen-bond donors (Lipinski definition) is 0. The summed E-state index contributed by atoms with van der Waals surface area (Å²) in [5.74, 6) is 0. The van der Waals surface area contributed by atoms with Crippen LogP contribution in [0.25, 0.3) is 55.2 Å². The normalized spacial score (nSPS) is 11.5. The van der Waals surface area contributed by atoms with Crippen molar-refractivity contribution in [2.45, 2.75) is 60.3 Å². The van der Waals surface area contributed by atoms with E-state index in [2.05, 4.69) is 180 Å². The van der Waals surface area contributed by atoms with Gasteiger partial charge in [0.25, 0.3) is 0 Å². The van der Waals surface area contributed by atoms with Crippen LogP contribution in [0.4, 0.5) is 0 Å². The van der Waals surface area contributed by atoms with Gasteiger partial charge in [0.1, 0.15) is 0 Å². The SMILES string of the molecule is CC(C)(C)c1ccnc(-c2[c-]cc(-c3cc4ccccc4c4ccccc34)cc2)c1.Cc1c[c-]c(-c2ccc(CC(C)(C)C)cn2)cc1.[Ir]. The van der Waals surface area contributed by atoms with Gasteiger partial charge in [0.15, 0.2) is 0 Å². The van der Waals surface area contributed by atoms with Gasteiger partial charge in [-0.15, -0.1) is 65.2 Å². The number of benzene rings is 5. The minimum absolute atomic E-state index is 0. The molecule has 0 amide bonds. The van der Waals surface area contributed by atoms with Crippen LogP contribution in [0.15, 0.2) is 128 Å². The summed E-state index contributed by atoms with van der Waals surface area (Å²) in [6.45, 7) is 15.5. The molecule has 0 unspecified atom stereocenters. The average molecular weight is 817 g/mol. The monoisotopic (exact) mass is 817 g/mol. The molecule has 0 saturated carbocycles. The molecule has 3 heteroatoms. The fourth-order valence-corrected chi connectivity index (χ4v) is 6.05. The number of rotatable bonds is 4. The van der Waals surface area contributed by atoms with E-state index in [4.69, 9.17) is 0 Å². The van der Waals surface area contributed by atoms with Gasteiger partial charge in [-0.3, -0.25) is 0 Å². The van der Waals surface area contributed by atoms with Crippen molar-refractivity contribution >= 4 is 21.5 Å². The minimum Gasteiger partial charge on any atom is -0.305 e. The van der Waals surface area contributed by atoms with E-state index in [9.17, 15) is 0 Å². The summed E-state index contributed by atoms with van der Waals surface area (Å²) >= 11 is 0. The maximum absolute atomic E-state index is 4.59. The van der Waals surface area contributed by atoms with Crippen molar-refractivity contribution in [1.29, 1.82) is 0 Å². The van der Waals surface area contributed by atoms with E-state index in [1.54, 1.807) is 0 Å². The molecule has 5 aromatic carbocycles. The molecule has 2 heterocycles. The molecular formula is C46H44IrN2-2. The van der Waals surface area contributed by atoms with Gasteiger partial charge in [-0.1, -0.05) is 132 Å². The number of hydrogen-bond acceptors (Lipinski definition) is 2. The molecule has 0 aliphatic carbocycles. The van der Waals surface area contributed by atoms with Crippen molar-refractivity contribution < 1.29 is 20.1 Å². The third-order valence-corrected chi connectivity index (χ3v) is 8.60. The standard InChI is InChI=1S/C29H24N.C17H20N.Ir/c1-29(2,3)23-16-17-30-28(19-23)21-14-12-20(13-15-21)27-18-22-8-4-5-9-24(22)25-10-6-7-11-26(25)27;1-13-5-8-15(9-6-13)16-10-7-14(12-18-16)11-17(2,3)4;/h4-14,16-19H,1-3H3;5-8,10,12H,11H2,1-4H3;/q2*-1;. The van der Waals surface area contributed by atoms with Gasteiger partial charge in [-0.05, 0) is 67.4 Å². The van der Waals surface area contributed by atoms with Gasteiger partial charge in [-0.25, -0.2) is 0 Å². The quantitative estimate of drug-likeness (QED) is 0.131. The Bertz CT molecular complexity index is 2150. The van der Waals surface area contributed by atoms with Gasteiger partial charge >= 0.3 is 0 Å². The maximum Gasteiger partial charge on any atom is 0.0193 e. The fraction of sp³-hybridized carbons (Fsp3) is 0.217. The van der Waals surface area contributed by atoms with Gasteiger partial charge in [0, 0.05) is 32.5 Å². The zero-order valence-electron chi connectivity index (χ0n) is 29.6. The molecule has 0 spiro atoms. The predicted molar refractivity (Wildman–Crippen MR) is 204 cm³/mol. The molecule has 249 valence electrons. The molecular weight excluding hydrogens is 773 g/mol. The first kappa shape index (κ1) is 35.9. The predicted octanol–water partition coefficient (Wildman–Crippen LogP) is 12.3. The Labute approximate surface area is 306 Å². The van der Waals surface area contributed by atoms with Crippen LogP contribution in [0.5, 0.6) is 0 Å². The number of aryl methyl sites for hydroxylation is 1. The summed E-state index contributed by atoms with van der Waals surface area (Å²) in [6, 6.07) is 47.4. The molecule has 49 heavy (non-hydrogen) atoms. The van der Waals surface area contributed by atoms with E-state index in [1.807, 2.05) is 18.5 Å². The third-order valence-electron chi connectivity index (χ3n) is 8.60. The van der Waals surface area contributed by atoms with Crippen LogP contribution in [0, 0.1) is 24.5 Å². The molecule has 7 aromatic rings. The van der Waals surface area contributed by atoms with E-state index in [-0.39, 0.29) is 25.5 Å². The van der Waals surface area contributed by atoms with Crippen LogP contribution in [0.3, 0.4) is 0 Å². The second-order valence-corrected chi connectivity index (χ2v) is 14.9. The molecule has 0 saturated heterocycles. The zero-order valence-corrected chi connectivity index (χ0v) is 32.0. The summed E-state index contributed by atoms with van der Waals surface area (Å²) in [5.41, 5.74) is 10.7. The van der Waals surface area contributed by atoms with E-state index in [0.717, 1.165) is 28.9 Å². The Morgan fingerprint density at radius 2 is 1.29 bits per heavy atom. The Kier molecular flexibility index (Phi) is 11.0. The molecule has 2 nitrogen and oxygen atoms in total. The molecule has 2 aromatic heterocycles. The number of nitrogens with zero attached hydrogens (tertiary/aromatic N) is 2. The maximum atomic E-state index is 4.59. The molecule has 0 aliphatic heterocycles. The minimum atomic E-state index is 0. The van der Waals surface area contributed by atoms with Crippen LogP contribution in [-0.4, -0.2) is 9.97 Å². The first-order valence-corrected chi connectivity index (χ1v) is 16.8. The molecule has 0 fully saturated rings. The first-order chi connectivity index (χ1) is 22.9. The second-order valence-electron chi connectivity index (χ2n) is 14.9. The van der Waals surface area contributed by atoms with Gasteiger partial charge < -0.3 is 9.97 Å². The van der Waals surface area contributed by atoms with Crippen molar-refractivity contribution in [2.75, 3.05) is 0 Å². The van der Waals surface area contributed by atoms with Crippen molar-refractivity contribution in [3.8, 4) is 33.6 Å². The topological polar surface area (TPSA) is 25.8 Å². The van der Waals surface area contributed by atoms with E-state index < -0.39 is 0 Å². The Morgan fingerprint density at radius 3 is 1.92 bits per heavy atom. The Balaban J connectivity index is 0.000000212. The fourth-order valence-electron chi connectivity index (χ4n) is 6.05. The summed E-state index contributed by atoms with van der Waals surface area (Å²) in [6.07, 6.45) is 4.93. The van der Waals surface area contributed by atoms with Crippen LogP contribution >= 0.6 is 0 Å². The number of pyridine rings is 2. The Hall–Kier alpha value is -4.43. The summed E-state index contributed by atoms with van der Waals surface area (Å²) < 4.78 is 0. The Morgan fingerprint density at radius 1 is 0.612 bits per heavy atom. The van der Waals surface area contributed by atoms with Crippen LogP contribution in [0.2, 0.25) is 0 Å². The van der Waals surface area contributed by atoms with Crippen LogP contribution in [0.1, 0.15) is 58.2 Å². The third kappa shape index (κ3) is 8.79. The smallest absolute Gasteiger partial charge is 0.0193 e. The van der Waals surface area contributed by atoms with E-state index >= 15 is 0 Å². The molecule has 0 atom stereocenters. The molecule has 7 rings (SSSR count). The molecule has 0 aliphatic rings. The van der Waals surface area contributed by atoms with Crippen molar-refractivity contribution in [2.24, 2.45) is 5.41 Å². The first-order valence-electron chi connectivity index (χ1n) is 16.8. The van der Waals surface area contributed by atoms with Crippen LogP contribution < -0.4 is 0 Å². The van der Waals surface area contributed by atoms with Gasteiger partial charge in [-0.2, -0.15) is 0 Å². The zero-order chi connectivity index (χ0) is 33.9. The van der Waals surface area contributed by atoms with Crippen LogP contribution in [-0.2, 0) is 31.9 Å². The van der Waals surface area contributed by atoms with Gasteiger partial charge in [0.05, 0.1) is 0 Å². The summed E-state index contributed by atoms with van der Waals surface area (Å²) in [7, 11) is 0. The van der Waals surface area contributed by atoms with E-state index in [0.29, 0.717) is 5.41 Å². The van der Waals surface area contributed by atoms with Crippen molar-refractivity contribution in [3.63, 3.8) is 0 Å². The largest absolute Gasteiger partial charge is 0.305 e. The van der Waals surface area contributed by atoms with Gasteiger partial charge in [0.2, 0.25) is 0 Å². The number of fused-ring (bicyclic) bond motifs is 3. The summed E-state index contributed by atoms with van der Waals surface area (Å²) in [5, 5.41) is 5.11. The van der Waals surface area contributed by atoms with E-state index in [1.165, 1.54) is 49.4 Å².